The van der Waals surface area contributed by atoms with Crippen molar-refractivity contribution >= 4 is 33.9 Å². The normalized spacial score (nSPS) is 13.8. The Labute approximate surface area is 169 Å². The Morgan fingerprint density at radius 3 is 2.46 bits per heavy atom. The van der Waals surface area contributed by atoms with E-state index in [1.807, 2.05) is 0 Å². The Morgan fingerprint density at radius 1 is 1.00 bits per heavy atom. The minimum absolute atomic E-state index is 0. The third-order valence-electron chi connectivity index (χ3n) is 4.27. The van der Waals surface area contributed by atoms with Crippen molar-refractivity contribution < 1.29 is 22.7 Å². The molecule has 1 heterocycles. The average Bonchev–Trinajstić information content (AvgIpc) is 2.68. The fourth-order valence-electron chi connectivity index (χ4n) is 2.89. The number of ether oxygens (including phenoxy) is 1. The van der Waals surface area contributed by atoms with Crippen molar-refractivity contribution in [1.29, 1.82) is 0 Å². The van der Waals surface area contributed by atoms with Gasteiger partial charge >= 0.3 is 0 Å². The van der Waals surface area contributed by atoms with Gasteiger partial charge in [0.2, 0.25) is 9.84 Å². The van der Waals surface area contributed by atoms with Crippen LogP contribution in [0.1, 0.15) is 26.3 Å². The van der Waals surface area contributed by atoms with E-state index in [2.05, 4.69) is 10.6 Å². The summed E-state index contributed by atoms with van der Waals surface area (Å²) in [7, 11) is -2.24. The maximum absolute atomic E-state index is 12.9. The molecule has 0 fully saturated rings. The van der Waals surface area contributed by atoms with Crippen molar-refractivity contribution in [1.82, 2.24) is 10.6 Å². The van der Waals surface area contributed by atoms with E-state index in [-0.39, 0.29) is 44.7 Å². The fourth-order valence-corrected chi connectivity index (χ4v) is 4.57. The summed E-state index contributed by atoms with van der Waals surface area (Å²) >= 11 is 0. The van der Waals surface area contributed by atoms with Gasteiger partial charge in [0, 0.05) is 43.4 Å². The van der Waals surface area contributed by atoms with Crippen molar-refractivity contribution in [3.63, 3.8) is 0 Å². The van der Waals surface area contributed by atoms with Gasteiger partial charge in [-0.1, -0.05) is 12.1 Å². The van der Waals surface area contributed by atoms with Gasteiger partial charge in [-0.15, -0.1) is 12.4 Å². The molecule has 2 aromatic carbocycles. The van der Waals surface area contributed by atoms with E-state index < -0.39 is 15.7 Å². The maximum Gasteiger partial charge on any atom is 0.251 e. The molecule has 28 heavy (non-hydrogen) atoms. The van der Waals surface area contributed by atoms with E-state index in [9.17, 15) is 18.0 Å². The highest BCUT2D eigenvalue weighted by Gasteiger charge is 2.34. The van der Waals surface area contributed by atoms with Crippen LogP contribution in [0.2, 0.25) is 0 Å². The molecule has 1 aliphatic rings. The van der Waals surface area contributed by atoms with Crippen molar-refractivity contribution in [2.45, 2.75) is 9.79 Å². The fraction of sp³-hybridized carbons (Fsp3) is 0.263. The van der Waals surface area contributed by atoms with E-state index in [4.69, 9.17) is 4.74 Å². The summed E-state index contributed by atoms with van der Waals surface area (Å²) in [6, 6.07) is 10.2. The molecule has 0 aliphatic carbocycles. The zero-order valence-corrected chi connectivity index (χ0v) is 16.9. The quantitative estimate of drug-likeness (QED) is 0.557. The van der Waals surface area contributed by atoms with Crippen LogP contribution in [0.3, 0.4) is 0 Å². The van der Waals surface area contributed by atoms with Crippen LogP contribution >= 0.6 is 12.4 Å². The number of amides is 1. The molecular formula is C19H21ClN2O5S. The molecule has 1 aliphatic heterocycles. The molecule has 2 aromatic rings. The zero-order valence-electron chi connectivity index (χ0n) is 15.2. The van der Waals surface area contributed by atoms with E-state index in [1.54, 1.807) is 19.2 Å². The van der Waals surface area contributed by atoms with Crippen LogP contribution in [0.25, 0.3) is 0 Å². The van der Waals surface area contributed by atoms with Gasteiger partial charge in [-0.3, -0.25) is 9.59 Å². The van der Waals surface area contributed by atoms with Crippen LogP contribution in [-0.4, -0.2) is 53.5 Å². The Bertz CT molecular complexity index is 992. The Morgan fingerprint density at radius 2 is 1.71 bits per heavy atom. The number of ketones is 1. The lowest BCUT2D eigenvalue weighted by Crippen LogP contribution is -2.33. The number of fused-ring (bicyclic) bond motifs is 2. The maximum atomic E-state index is 12.9. The molecule has 0 unspecified atom stereocenters. The number of halogens is 1. The van der Waals surface area contributed by atoms with Crippen molar-refractivity contribution in [3.05, 3.63) is 59.2 Å². The van der Waals surface area contributed by atoms with Gasteiger partial charge < -0.3 is 15.4 Å². The summed E-state index contributed by atoms with van der Waals surface area (Å²) in [6.45, 7) is 2.19. The number of carbonyl (C=O) groups excluding carboxylic acids is 2. The highest BCUT2D eigenvalue weighted by atomic mass is 35.5. The van der Waals surface area contributed by atoms with Gasteiger partial charge in [0.1, 0.15) is 0 Å². The molecule has 3 rings (SSSR count). The summed E-state index contributed by atoms with van der Waals surface area (Å²) < 4.78 is 30.7. The minimum Gasteiger partial charge on any atom is -0.383 e. The second kappa shape index (κ2) is 9.29. The Kier molecular flexibility index (Phi) is 7.31. The Hall–Kier alpha value is -2.26. The lowest BCUT2D eigenvalue weighted by Gasteiger charge is -2.19. The number of rotatable bonds is 7. The number of methoxy groups -OCH3 is 1. The number of hydrogen-bond acceptors (Lipinski definition) is 6. The molecule has 7 nitrogen and oxygen atoms in total. The summed E-state index contributed by atoms with van der Waals surface area (Å²) in [5.41, 5.74) is 0.442. The standard InChI is InChI=1S/C19H20N2O5S.ClH/c1-26-11-10-20-8-9-21-19(23)13-6-7-15-17(12-13)27(24,25)16-5-3-2-4-14(16)18(15)22;/h2-7,12,20H,8-11H2,1H3,(H,21,23);1H. The first-order valence-electron chi connectivity index (χ1n) is 8.47. The van der Waals surface area contributed by atoms with Gasteiger partial charge in [0.15, 0.2) is 5.78 Å². The topological polar surface area (TPSA) is 102 Å². The number of sulfone groups is 1. The first-order valence-corrected chi connectivity index (χ1v) is 9.96. The SMILES string of the molecule is COCCNCCNC(=O)c1ccc2c(c1)S(=O)(=O)c1ccccc1C2=O.Cl. The molecular weight excluding hydrogens is 404 g/mol. The van der Waals surface area contributed by atoms with Gasteiger partial charge in [0.05, 0.1) is 16.4 Å². The lowest BCUT2D eigenvalue weighted by molar-refractivity contribution is 0.0951. The number of nitrogens with one attached hydrogen (secondary N) is 2. The molecule has 0 saturated carbocycles. The molecule has 2 N–H and O–H groups in total. The molecule has 0 atom stereocenters. The van der Waals surface area contributed by atoms with Crippen LogP contribution < -0.4 is 10.6 Å². The van der Waals surface area contributed by atoms with Crippen LogP contribution in [0.4, 0.5) is 0 Å². The van der Waals surface area contributed by atoms with Gasteiger partial charge in [0.25, 0.3) is 5.91 Å². The van der Waals surface area contributed by atoms with E-state index in [0.29, 0.717) is 26.2 Å². The molecule has 0 radical (unpaired) electrons. The molecule has 150 valence electrons. The number of benzene rings is 2. The third kappa shape index (κ3) is 4.25. The first-order chi connectivity index (χ1) is 13.0. The molecule has 0 bridgehead atoms. The zero-order chi connectivity index (χ0) is 19.4. The molecule has 9 heteroatoms. The molecule has 0 saturated heterocycles. The average molecular weight is 425 g/mol. The summed E-state index contributed by atoms with van der Waals surface area (Å²) in [5, 5.41) is 5.81. The van der Waals surface area contributed by atoms with Gasteiger partial charge in [-0.05, 0) is 30.3 Å². The summed E-state index contributed by atoms with van der Waals surface area (Å²) in [6.07, 6.45) is 0. The monoisotopic (exact) mass is 424 g/mol. The molecule has 0 spiro atoms. The van der Waals surface area contributed by atoms with Gasteiger partial charge in [-0.2, -0.15) is 0 Å². The lowest BCUT2D eigenvalue weighted by atomic mass is 10.0. The van der Waals surface area contributed by atoms with Crippen LogP contribution in [0, 0.1) is 0 Å². The van der Waals surface area contributed by atoms with Crippen molar-refractivity contribution in [2.24, 2.45) is 0 Å². The molecule has 0 aromatic heterocycles. The van der Waals surface area contributed by atoms with Crippen LogP contribution in [-0.2, 0) is 14.6 Å². The van der Waals surface area contributed by atoms with Crippen molar-refractivity contribution in [3.8, 4) is 0 Å². The van der Waals surface area contributed by atoms with E-state index in [1.165, 1.54) is 30.3 Å². The summed E-state index contributed by atoms with van der Waals surface area (Å²) in [4.78, 5) is 24.8. The first kappa shape index (κ1) is 22.0. The predicted molar refractivity (Wildman–Crippen MR) is 106 cm³/mol. The predicted octanol–water partition coefficient (Wildman–Crippen LogP) is 1.45. The van der Waals surface area contributed by atoms with E-state index >= 15 is 0 Å². The van der Waals surface area contributed by atoms with Crippen LogP contribution in [0.5, 0.6) is 0 Å². The van der Waals surface area contributed by atoms with Gasteiger partial charge in [-0.25, -0.2) is 8.42 Å². The second-order valence-electron chi connectivity index (χ2n) is 6.04. The number of hydrogen-bond donors (Lipinski definition) is 2. The second-order valence-corrected chi connectivity index (χ2v) is 7.92. The number of carbonyl (C=O) groups is 2. The highest BCUT2D eigenvalue weighted by Crippen LogP contribution is 2.34. The Balaban J connectivity index is 0.00000280. The minimum atomic E-state index is -3.85. The third-order valence-corrected chi connectivity index (χ3v) is 6.12. The molecule has 1 amide bonds. The largest absolute Gasteiger partial charge is 0.383 e. The summed E-state index contributed by atoms with van der Waals surface area (Å²) in [5.74, 6) is -0.752. The van der Waals surface area contributed by atoms with Crippen molar-refractivity contribution in [2.75, 3.05) is 33.4 Å². The highest BCUT2D eigenvalue weighted by molar-refractivity contribution is 7.91. The van der Waals surface area contributed by atoms with E-state index in [0.717, 1.165) is 0 Å². The van der Waals surface area contributed by atoms with Crippen LogP contribution in [0.15, 0.2) is 52.3 Å². The smallest absolute Gasteiger partial charge is 0.251 e.